The van der Waals surface area contributed by atoms with E-state index in [1.54, 1.807) is 12.1 Å². The van der Waals surface area contributed by atoms with Gasteiger partial charge in [0.2, 0.25) is 5.91 Å². The van der Waals surface area contributed by atoms with Gasteiger partial charge in [-0.05, 0) is 42.7 Å². The van der Waals surface area contributed by atoms with Crippen LogP contribution in [0.3, 0.4) is 0 Å². The van der Waals surface area contributed by atoms with Crippen LogP contribution in [0.25, 0.3) is 0 Å². The summed E-state index contributed by atoms with van der Waals surface area (Å²) in [6, 6.07) is 8.99. The van der Waals surface area contributed by atoms with E-state index in [1.165, 1.54) is 24.3 Å². The zero-order chi connectivity index (χ0) is 18.7. The van der Waals surface area contributed by atoms with Crippen LogP contribution in [0.15, 0.2) is 36.4 Å². The van der Waals surface area contributed by atoms with Crippen molar-refractivity contribution in [2.24, 2.45) is 0 Å². The molecule has 3 rings (SSSR count). The Bertz CT molecular complexity index is 786. The molecule has 0 aliphatic carbocycles. The standard InChI is InChI=1S/C18H16Cl3FN2O2/c19-12-9-14(20)16(15(21)10-12)23-24-17(25)18(5-7-26-8-6-18)11-1-3-13(22)4-2-11/h1-4,9-10,23H,5-8H2,(H,24,25). The SMILES string of the molecule is O=C(NNc1c(Cl)cc(Cl)cc1Cl)C1(c2ccc(F)cc2)CCOCC1. The number of carbonyl (C=O) groups is 1. The van der Waals surface area contributed by atoms with Gasteiger partial charge in [-0.25, -0.2) is 4.39 Å². The molecule has 0 bridgehead atoms. The third-order valence-corrected chi connectivity index (χ3v) is 5.30. The van der Waals surface area contributed by atoms with E-state index in [0.717, 1.165) is 5.56 Å². The van der Waals surface area contributed by atoms with Crippen molar-refractivity contribution in [2.45, 2.75) is 18.3 Å². The van der Waals surface area contributed by atoms with Crippen LogP contribution < -0.4 is 10.9 Å². The minimum Gasteiger partial charge on any atom is -0.381 e. The van der Waals surface area contributed by atoms with E-state index in [0.29, 0.717) is 36.8 Å². The van der Waals surface area contributed by atoms with Crippen LogP contribution in [-0.4, -0.2) is 19.1 Å². The van der Waals surface area contributed by atoms with Gasteiger partial charge in [0.25, 0.3) is 0 Å². The average molecular weight is 418 g/mol. The van der Waals surface area contributed by atoms with Gasteiger partial charge in [0, 0.05) is 18.2 Å². The van der Waals surface area contributed by atoms with Gasteiger partial charge in [-0.3, -0.25) is 15.6 Å². The fraction of sp³-hybridized carbons (Fsp3) is 0.278. The van der Waals surface area contributed by atoms with Gasteiger partial charge in [-0.2, -0.15) is 0 Å². The second-order valence-electron chi connectivity index (χ2n) is 6.02. The largest absolute Gasteiger partial charge is 0.381 e. The molecule has 1 heterocycles. The Labute approximate surface area is 165 Å². The van der Waals surface area contributed by atoms with Crippen molar-refractivity contribution >= 4 is 46.4 Å². The monoisotopic (exact) mass is 416 g/mol. The topological polar surface area (TPSA) is 50.4 Å². The minimum atomic E-state index is -0.829. The Balaban J connectivity index is 1.84. The summed E-state index contributed by atoms with van der Waals surface area (Å²) in [6.07, 6.45) is 0.961. The van der Waals surface area contributed by atoms with E-state index in [9.17, 15) is 9.18 Å². The maximum absolute atomic E-state index is 13.3. The summed E-state index contributed by atoms with van der Waals surface area (Å²) in [5.41, 5.74) is 5.70. The van der Waals surface area contributed by atoms with E-state index in [1.807, 2.05) is 0 Å². The number of halogens is 4. The first kappa shape index (κ1) is 19.2. The third kappa shape index (κ3) is 3.91. The summed E-state index contributed by atoms with van der Waals surface area (Å²) in [5.74, 6) is -0.622. The summed E-state index contributed by atoms with van der Waals surface area (Å²) < 4.78 is 18.7. The molecule has 1 aliphatic heterocycles. The molecule has 8 heteroatoms. The lowest BCUT2D eigenvalue weighted by molar-refractivity contribution is -0.130. The van der Waals surface area contributed by atoms with Crippen molar-refractivity contribution in [1.29, 1.82) is 0 Å². The third-order valence-electron chi connectivity index (χ3n) is 4.49. The lowest BCUT2D eigenvalue weighted by atomic mass is 9.73. The Morgan fingerprint density at radius 3 is 2.19 bits per heavy atom. The van der Waals surface area contributed by atoms with Crippen molar-refractivity contribution in [2.75, 3.05) is 18.6 Å². The fourth-order valence-electron chi connectivity index (χ4n) is 3.04. The molecule has 2 N–H and O–H groups in total. The molecule has 1 fully saturated rings. The zero-order valence-corrected chi connectivity index (χ0v) is 15.9. The number of carbonyl (C=O) groups excluding carboxylic acids is 1. The van der Waals surface area contributed by atoms with Crippen LogP contribution in [0.4, 0.5) is 10.1 Å². The molecular formula is C18H16Cl3FN2O2. The molecule has 1 amide bonds. The molecule has 0 unspecified atom stereocenters. The van der Waals surface area contributed by atoms with Gasteiger partial charge in [-0.15, -0.1) is 0 Å². The number of anilines is 1. The van der Waals surface area contributed by atoms with Crippen LogP contribution in [0.2, 0.25) is 15.1 Å². The van der Waals surface area contributed by atoms with E-state index in [2.05, 4.69) is 10.9 Å². The first-order valence-electron chi connectivity index (χ1n) is 7.97. The smallest absolute Gasteiger partial charge is 0.249 e. The average Bonchev–Trinajstić information content (AvgIpc) is 2.61. The van der Waals surface area contributed by atoms with Crippen LogP contribution in [0.5, 0.6) is 0 Å². The Morgan fingerprint density at radius 2 is 1.62 bits per heavy atom. The van der Waals surface area contributed by atoms with Crippen molar-refractivity contribution < 1.29 is 13.9 Å². The highest BCUT2D eigenvalue weighted by molar-refractivity contribution is 6.41. The van der Waals surface area contributed by atoms with Crippen molar-refractivity contribution in [3.63, 3.8) is 0 Å². The van der Waals surface area contributed by atoms with Crippen LogP contribution in [-0.2, 0) is 14.9 Å². The number of nitrogens with one attached hydrogen (secondary N) is 2. The Morgan fingerprint density at radius 1 is 1.04 bits per heavy atom. The molecule has 1 aliphatic rings. The van der Waals surface area contributed by atoms with Gasteiger partial charge >= 0.3 is 0 Å². The normalized spacial score (nSPS) is 16.2. The number of hydrazine groups is 1. The number of ether oxygens (including phenoxy) is 1. The van der Waals surface area contributed by atoms with Gasteiger partial charge in [0.1, 0.15) is 5.82 Å². The molecule has 0 radical (unpaired) electrons. The Hall–Kier alpha value is -1.53. The molecule has 0 aromatic heterocycles. The number of benzene rings is 2. The first-order valence-corrected chi connectivity index (χ1v) is 9.10. The van der Waals surface area contributed by atoms with Crippen molar-refractivity contribution in [3.05, 3.63) is 62.8 Å². The van der Waals surface area contributed by atoms with Gasteiger partial charge in [-0.1, -0.05) is 46.9 Å². The van der Waals surface area contributed by atoms with Crippen molar-refractivity contribution in [3.8, 4) is 0 Å². The molecule has 0 saturated carbocycles. The minimum absolute atomic E-state index is 0.269. The van der Waals surface area contributed by atoms with Gasteiger partial charge in [0.15, 0.2) is 0 Å². The van der Waals surface area contributed by atoms with Crippen LogP contribution in [0.1, 0.15) is 18.4 Å². The molecule has 2 aromatic carbocycles. The second-order valence-corrected chi connectivity index (χ2v) is 7.28. The number of hydrogen-bond donors (Lipinski definition) is 2. The molecule has 0 atom stereocenters. The maximum Gasteiger partial charge on any atom is 0.249 e. The quantitative estimate of drug-likeness (QED) is 0.690. The predicted molar refractivity (Wildman–Crippen MR) is 101 cm³/mol. The maximum atomic E-state index is 13.3. The van der Waals surface area contributed by atoms with Gasteiger partial charge < -0.3 is 4.74 Å². The highest BCUT2D eigenvalue weighted by Gasteiger charge is 2.41. The molecule has 138 valence electrons. The van der Waals surface area contributed by atoms with E-state index < -0.39 is 5.41 Å². The second kappa shape index (κ2) is 8.01. The fourth-order valence-corrected chi connectivity index (χ4v) is 3.95. The van der Waals surface area contributed by atoms with Gasteiger partial charge in [0.05, 0.1) is 21.1 Å². The zero-order valence-electron chi connectivity index (χ0n) is 13.6. The molecule has 1 saturated heterocycles. The summed E-state index contributed by atoms with van der Waals surface area (Å²) in [6.45, 7) is 0.876. The number of hydrogen-bond acceptors (Lipinski definition) is 3. The lowest BCUT2D eigenvalue weighted by Gasteiger charge is -2.36. The summed E-state index contributed by atoms with van der Waals surface area (Å²) in [5, 5.41) is 0.959. The highest BCUT2D eigenvalue weighted by atomic mass is 35.5. The molecular weight excluding hydrogens is 402 g/mol. The summed E-state index contributed by atoms with van der Waals surface area (Å²) >= 11 is 18.2. The van der Waals surface area contributed by atoms with Crippen LogP contribution in [0, 0.1) is 5.82 Å². The van der Waals surface area contributed by atoms with Crippen LogP contribution >= 0.6 is 34.8 Å². The van der Waals surface area contributed by atoms with E-state index in [4.69, 9.17) is 39.5 Å². The molecule has 26 heavy (non-hydrogen) atoms. The molecule has 4 nitrogen and oxygen atoms in total. The van der Waals surface area contributed by atoms with E-state index in [-0.39, 0.29) is 21.8 Å². The predicted octanol–water partition coefficient (Wildman–Crippen LogP) is 4.98. The molecule has 0 spiro atoms. The number of amides is 1. The van der Waals surface area contributed by atoms with Crippen molar-refractivity contribution in [1.82, 2.24) is 5.43 Å². The number of rotatable bonds is 4. The summed E-state index contributed by atoms with van der Waals surface area (Å²) in [4.78, 5) is 13.0. The summed E-state index contributed by atoms with van der Waals surface area (Å²) in [7, 11) is 0. The molecule has 2 aromatic rings. The Kier molecular flexibility index (Phi) is 5.92. The lowest BCUT2D eigenvalue weighted by Crippen LogP contribution is -2.49. The highest BCUT2D eigenvalue weighted by Crippen LogP contribution is 2.36. The first-order chi connectivity index (χ1) is 12.4. The van der Waals surface area contributed by atoms with E-state index >= 15 is 0 Å².